The number of nitrogens with zero attached hydrogens (tertiary/aromatic N) is 6. The van der Waals surface area contributed by atoms with Crippen LogP contribution < -0.4 is 0 Å². The molecule has 0 saturated carbocycles. The van der Waals surface area contributed by atoms with Gasteiger partial charge >= 0.3 is 0 Å². The molecule has 9 rings (SSSR count). The predicted octanol–water partition coefficient (Wildman–Crippen LogP) is 9.34. The fourth-order valence-corrected chi connectivity index (χ4v) is 6.25. The van der Waals surface area contributed by atoms with E-state index in [2.05, 4.69) is 87.7 Å². The summed E-state index contributed by atoms with van der Waals surface area (Å²) in [5.41, 5.74) is 9.96. The van der Waals surface area contributed by atoms with Crippen LogP contribution in [0.5, 0.6) is 0 Å². The normalized spacial score (nSPS) is 11.5. The van der Waals surface area contributed by atoms with Crippen LogP contribution in [-0.2, 0) is 0 Å². The summed E-state index contributed by atoms with van der Waals surface area (Å²) < 4.78 is 0. The Balaban J connectivity index is 1.24. The highest BCUT2D eigenvalue weighted by Crippen LogP contribution is 2.39. The van der Waals surface area contributed by atoms with E-state index in [0.717, 1.165) is 88.6 Å². The standard InChI is InChI=1S/C40H24N6/c1-2-10-32-29(9-1)31-24-44-40-30(18-17-26-8-7-21-43-39(26)40)37(31)38(46-32)27-15-13-25(14-16-27)28-22-35(33-11-3-5-19-41-33)45-36(23-28)34-12-4-6-20-42-34/h1-24H. The summed E-state index contributed by atoms with van der Waals surface area (Å²) in [6, 6.07) is 41.1. The average molecular weight is 589 g/mol. The summed E-state index contributed by atoms with van der Waals surface area (Å²) in [6.45, 7) is 0. The Kier molecular flexibility index (Phi) is 6.03. The number of benzene rings is 3. The minimum Gasteiger partial charge on any atom is -0.255 e. The molecule has 6 aromatic heterocycles. The third kappa shape index (κ3) is 4.35. The number of hydrogen-bond donors (Lipinski definition) is 0. The molecule has 0 unspecified atom stereocenters. The van der Waals surface area contributed by atoms with Crippen molar-refractivity contribution in [2.75, 3.05) is 0 Å². The van der Waals surface area contributed by atoms with Gasteiger partial charge in [0.15, 0.2) is 0 Å². The van der Waals surface area contributed by atoms with Crippen LogP contribution in [-0.4, -0.2) is 29.9 Å². The van der Waals surface area contributed by atoms with E-state index in [9.17, 15) is 0 Å². The van der Waals surface area contributed by atoms with Crippen LogP contribution in [0.3, 0.4) is 0 Å². The summed E-state index contributed by atoms with van der Waals surface area (Å²) >= 11 is 0. The fourth-order valence-electron chi connectivity index (χ4n) is 6.25. The molecule has 0 N–H and O–H groups in total. The molecular weight excluding hydrogens is 564 g/mol. The zero-order valence-corrected chi connectivity index (χ0v) is 24.5. The van der Waals surface area contributed by atoms with Crippen LogP contribution in [0.1, 0.15) is 0 Å². The lowest BCUT2D eigenvalue weighted by Gasteiger charge is -2.14. The zero-order chi connectivity index (χ0) is 30.5. The lowest BCUT2D eigenvalue weighted by molar-refractivity contribution is 1.22. The number of rotatable bonds is 4. The maximum atomic E-state index is 5.24. The van der Waals surface area contributed by atoms with Crippen molar-refractivity contribution in [2.24, 2.45) is 0 Å². The van der Waals surface area contributed by atoms with Gasteiger partial charge in [0.05, 0.1) is 45.0 Å². The van der Waals surface area contributed by atoms with Gasteiger partial charge in [-0.05, 0) is 59.7 Å². The Morgan fingerprint density at radius 3 is 1.83 bits per heavy atom. The molecule has 0 saturated heterocycles. The number of hydrogen-bond acceptors (Lipinski definition) is 6. The second-order valence-corrected chi connectivity index (χ2v) is 11.2. The van der Waals surface area contributed by atoms with Gasteiger partial charge in [0.2, 0.25) is 0 Å². The molecule has 0 fully saturated rings. The van der Waals surface area contributed by atoms with Crippen molar-refractivity contribution in [3.05, 3.63) is 146 Å². The first-order valence-corrected chi connectivity index (χ1v) is 15.1. The van der Waals surface area contributed by atoms with E-state index in [4.69, 9.17) is 15.0 Å². The summed E-state index contributed by atoms with van der Waals surface area (Å²) in [5.74, 6) is 0. The molecule has 0 aliphatic carbocycles. The van der Waals surface area contributed by atoms with Gasteiger partial charge in [-0.1, -0.05) is 72.8 Å². The Hall–Kier alpha value is -6.40. The first kappa shape index (κ1) is 26.0. The molecule has 9 aromatic rings. The molecule has 214 valence electrons. The lowest BCUT2D eigenvalue weighted by atomic mass is 9.95. The molecular formula is C40H24N6. The Morgan fingerprint density at radius 2 is 1.09 bits per heavy atom. The number of fused-ring (bicyclic) bond motifs is 7. The highest BCUT2D eigenvalue weighted by atomic mass is 14.8. The Bertz CT molecular complexity index is 2510. The maximum absolute atomic E-state index is 5.24. The van der Waals surface area contributed by atoms with Crippen LogP contribution in [0.15, 0.2) is 146 Å². The van der Waals surface area contributed by atoms with E-state index in [1.54, 1.807) is 12.4 Å². The molecule has 0 bridgehead atoms. The van der Waals surface area contributed by atoms with Gasteiger partial charge in [0, 0.05) is 57.3 Å². The second-order valence-electron chi connectivity index (χ2n) is 11.2. The predicted molar refractivity (Wildman–Crippen MR) is 185 cm³/mol. The minimum atomic E-state index is 0.796. The van der Waals surface area contributed by atoms with Crippen LogP contribution >= 0.6 is 0 Å². The highest BCUT2D eigenvalue weighted by molar-refractivity contribution is 6.23. The highest BCUT2D eigenvalue weighted by Gasteiger charge is 2.17. The van der Waals surface area contributed by atoms with Crippen molar-refractivity contribution in [1.82, 2.24) is 29.9 Å². The van der Waals surface area contributed by atoms with Crippen molar-refractivity contribution in [1.29, 1.82) is 0 Å². The van der Waals surface area contributed by atoms with Gasteiger partial charge in [0.25, 0.3) is 0 Å². The molecule has 0 aliphatic heterocycles. The quantitative estimate of drug-likeness (QED) is 0.191. The number of para-hydroxylation sites is 1. The smallest absolute Gasteiger partial charge is 0.0971 e. The van der Waals surface area contributed by atoms with Crippen molar-refractivity contribution in [2.45, 2.75) is 0 Å². The minimum absolute atomic E-state index is 0.796. The molecule has 46 heavy (non-hydrogen) atoms. The molecule has 6 heterocycles. The largest absolute Gasteiger partial charge is 0.255 e. The molecule has 0 atom stereocenters. The van der Waals surface area contributed by atoms with Gasteiger partial charge in [-0.3, -0.25) is 19.9 Å². The van der Waals surface area contributed by atoms with Crippen molar-refractivity contribution >= 4 is 43.5 Å². The van der Waals surface area contributed by atoms with Crippen molar-refractivity contribution in [3.63, 3.8) is 0 Å². The summed E-state index contributed by atoms with van der Waals surface area (Å²) in [6.07, 6.45) is 7.38. The van der Waals surface area contributed by atoms with E-state index in [1.807, 2.05) is 60.9 Å². The number of aromatic nitrogens is 6. The summed E-state index contributed by atoms with van der Waals surface area (Å²) in [4.78, 5) is 28.9. The second kappa shape index (κ2) is 10.6. The Morgan fingerprint density at radius 1 is 0.391 bits per heavy atom. The van der Waals surface area contributed by atoms with Crippen molar-refractivity contribution < 1.29 is 0 Å². The monoisotopic (exact) mass is 588 g/mol. The molecule has 6 heteroatoms. The molecule has 0 aliphatic rings. The summed E-state index contributed by atoms with van der Waals surface area (Å²) in [5, 5.41) is 5.32. The first-order chi connectivity index (χ1) is 22.8. The van der Waals surface area contributed by atoms with Crippen molar-refractivity contribution in [3.8, 4) is 45.2 Å². The van der Waals surface area contributed by atoms with Crippen LogP contribution in [0.4, 0.5) is 0 Å². The molecule has 6 nitrogen and oxygen atoms in total. The maximum Gasteiger partial charge on any atom is 0.0971 e. The SMILES string of the molecule is c1ccc(-c2cc(-c3ccc(-c4nc5ccccc5c5cnc6c(ccc7cccnc76)c45)cc3)cc(-c3ccccn3)n2)nc1. The third-order valence-electron chi connectivity index (χ3n) is 8.44. The van der Waals surface area contributed by atoms with E-state index in [-0.39, 0.29) is 0 Å². The number of pyridine rings is 6. The molecule has 0 amide bonds. The average Bonchev–Trinajstić information content (AvgIpc) is 3.14. The van der Waals surface area contributed by atoms with E-state index < -0.39 is 0 Å². The van der Waals surface area contributed by atoms with Crippen LogP contribution in [0, 0.1) is 0 Å². The van der Waals surface area contributed by atoms with Crippen LogP contribution in [0.25, 0.3) is 88.6 Å². The van der Waals surface area contributed by atoms with Gasteiger partial charge in [-0.2, -0.15) is 0 Å². The molecule has 0 radical (unpaired) electrons. The van der Waals surface area contributed by atoms with Gasteiger partial charge < -0.3 is 0 Å². The van der Waals surface area contributed by atoms with Gasteiger partial charge in [-0.25, -0.2) is 9.97 Å². The summed E-state index contributed by atoms with van der Waals surface area (Å²) in [7, 11) is 0. The fraction of sp³-hybridized carbons (Fsp3) is 0. The van der Waals surface area contributed by atoms with E-state index >= 15 is 0 Å². The topological polar surface area (TPSA) is 77.3 Å². The Labute approximate surface area is 264 Å². The van der Waals surface area contributed by atoms with Crippen LogP contribution in [0.2, 0.25) is 0 Å². The van der Waals surface area contributed by atoms with Gasteiger partial charge in [0.1, 0.15) is 0 Å². The molecule has 3 aromatic carbocycles. The zero-order valence-electron chi connectivity index (χ0n) is 24.5. The molecule has 0 spiro atoms. The first-order valence-electron chi connectivity index (χ1n) is 15.1. The van der Waals surface area contributed by atoms with Gasteiger partial charge in [-0.15, -0.1) is 0 Å². The van der Waals surface area contributed by atoms with E-state index in [0.29, 0.717) is 0 Å². The van der Waals surface area contributed by atoms with E-state index in [1.165, 1.54) is 0 Å². The third-order valence-corrected chi connectivity index (χ3v) is 8.44. The lowest BCUT2D eigenvalue weighted by Crippen LogP contribution is -1.95.